The van der Waals surface area contributed by atoms with Crippen molar-refractivity contribution in [3.05, 3.63) is 91.0 Å². The van der Waals surface area contributed by atoms with E-state index in [4.69, 9.17) is 0 Å². The fraction of sp³-hybridized carbons (Fsp3) is 0.143. The fourth-order valence-electron chi connectivity index (χ4n) is 3.21. The summed E-state index contributed by atoms with van der Waals surface area (Å²) in [7, 11) is -0.268. The Bertz CT molecular complexity index is 711. The molecular weight excluding hydrogens is 345 g/mol. The standard InChI is InChI=1S/C21H21P3/c1-4-11-19(12-5-1)22-17-10-18-23(20-13-6-2-7-14-20)24(22)21-15-8-3-9-16-21/h1-9,11-16H,10,17-18H2. The van der Waals surface area contributed by atoms with E-state index in [1.165, 1.54) is 18.7 Å². The van der Waals surface area contributed by atoms with Crippen LogP contribution >= 0.6 is 22.5 Å². The van der Waals surface area contributed by atoms with Gasteiger partial charge in [0.25, 0.3) is 0 Å². The lowest BCUT2D eigenvalue weighted by Crippen LogP contribution is -2.16. The van der Waals surface area contributed by atoms with Gasteiger partial charge < -0.3 is 0 Å². The van der Waals surface area contributed by atoms with Gasteiger partial charge in [0, 0.05) is 0 Å². The van der Waals surface area contributed by atoms with Gasteiger partial charge in [-0.05, 0) is 57.2 Å². The summed E-state index contributed by atoms with van der Waals surface area (Å²) in [6.45, 7) is 0. The first-order chi connectivity index (χ1) is 11.9. The SMILES string of the molecule is c1ccc(P2CCCP(c3ccccc3)P2c2ccccc2)cc1. The van der Waals surface area contributed by atoms with Crippen LogP contribution in [0, 0.1) is 0 Å². The molecule has 2 atom stereocenters. The molecule has 0 aliphatic carbocycles. The maximum Gasteiger partial charge on any atom is -0.0148 e. The largest absolute Gasteiger partial charge is 0.0622 e. The number of hydrogen-bond acceptors (Lipinski definition) is 0. The Labute approximate surface area is 148 Å². The Hall–Kier alpha value is -1.05. The van der Waals surface area contributed by atoms with Crippen molar-refractivity contribution in [2.45, 2.75) is 6.42 Å². The van der Waals surface area contributed by atoms with Crippen molar-refractivity contribution >= 4 is 38.4 Å². The molecule has 4 rings (SSSR count). The molecule has 1 fully saturated rings. The molecule has 0 radical (unpaired) electrons. The molecular formula is C21H21P3. The van der Waals surface area contributed by atoms with Crippen molar-refractivity contribution in [1.82, 2.24) is 0 Å². The Morgan fingerprint density at radius 2 is 0.833 bits per heavy atom. The minimum absolute atomic E-state index is 0.0759. The third kappa shape index (κ3) is 3.48. The summed E-state index contributed by atoms with van der Waals surface area (Å²) < 4.78 is 0. The van der Waals surface area contributed by atoms with Crippen LogP contribution in [0.4, 0.5) is 0 Å². The highest BCUT2D eigenvalue weighted by atomic mass is 32.5. The molecule has 0 saturated carbocycles. The van der Waals surface area contributed by atoms with Crippen molar-refractivity contribution in [1.29, 1.82) is 0 Å². The second kappa shape index (κ2) is 7.89. The van der Waals surface area contributed by atoms with Crippen LogP contribution in [0.5, 0.6) is 0 Å². The quantitative estimate of drug-likeness (QED) is 0.526. The molecule has 0 aromatic heterocycles. The highest BCUT2D eigenvalue weighted by Crippen LogP contribution is 2.86. The Kier molecular flexibility index (Phi) is 5.40. The van der Waals surface area contributed by atoms with E-state index in [1.54, 1.807) is 15.9 Å². The monoisotopic (exact) mass is 366 g/mol. The molecule has 3 aromatic carbocycles. The van der Waals surface area contributed by atoms with Crippen LogP contribution in [-0.2, 0) is 0 Å². The molecule has 24 heavy (non-hydrogen) atoms. The van der Waals surface area contributed by atoms with Gasteiger partial charge in [-0.3, -0.25) is 0 Å². The second-order valence-electron chi connectivity index (χ2n) is 5.90. The molecule has 120 valence electrons. The van der Waals surface area contributed by atoms with E-state index in [0.717, 1.165) is 0 Å². The zero-order valence-electron chi connectivity index (χ0n) is 13.6. The topological polar surface area (TPSA) is 0 Å². The molecule has 0 spiro atoms. The van der Waals surface area contributed by atoms with Gasteiger partial charge in [0.1, 0.15) is 0 Å². The van der Waals surface area contributed by atoms with Crippen LogP contribution in [0.2, 0.25) is 0 Å². The van der Waals surface area contributed by atoms with Gasteiger partial charge in [0.05, 0.1) is 0 Å². The van der Waals surface area contributed by atoms with E-state index >= 15 is 0 Å². The highest BCUT2D eigenvalue weighted by molar-refractivity contribution is 8.66. The van der Waals surface area contributed by atoms with Gasteiger partial charge in [0.15, 0.2) is 0 Å². The highest BCUT2D eigenvalue weighted by Gasteiger charge is 2.35. The molecule has 1 aliphatic rings. The molecule has 0 bridgehead atoms. The Morgan fingerprint density at radius 1 is 0.458 bits per heavy atom. The number of benzene rings is 3. The van der Waals surface area contributed by atoms with Gasteiger partial charge in [-0.15, -0.1) is 0 Å². The first-order valence-corrected chi connectivity index (χ1v) is 14.2. The predicted molar refractivity (Wildman–Crippen MR) is 113 cm³/mol. The smallest absolute Gasteiger partial charge is 0.0148 e. The maximum absolute atomic E-state index is 2.38. The summed E-state index contributed by atoms with van der Waals surface area (Å²) in [5, 5.41) is 4.81. The lowest BCUT2D eigenvalue weighted by Gasteiger charge is -2.40. The van der Waals surface area contributed by atoms with E-state index in [0.29, 0.717) is 0 Å². The average molecular weight is 366 g/mol. The summed E-state index contributed by atoms with van der Waals surface area (Å²) >= 11 is 0. The van der Waals surface area contributed by atoms with E-state index in [9.17, 15) is 0 Å². The van der Waals surface area contributed by atoms with Crippen LogP contribution in [0.25, 0.3) is 0 Å². The van der Waals surface area contributed by atoms with E-state index < -0.39 is 0 Å². The Morgan fingerprint density at radius 3 is 1.25 bits per heavy atom. The zero-order chi connectivity index (χ0) is 16.2. The average Bonchev–Trinajstić information content (AvgIpc) is 2.69. The molecule has 1 heterocycles. The molecule has 1 aliphatic heterocycles. The normalized spacial score (nSPS) is 23.8. The zero-order valence-corrected chi connectivity index (χ0v) is 16.3. The number of hydrogen-bond donors (Lipinski definition) is 0. The van der Waals surface area contributed by atoms with Crippen molar-refractivity contribution < 1.29 is 0 Å². The molecule has 3 heteroatoms. The second-order valence-corrected chi connectivity index (χ2v) is 16.8. The van der Waals surface area contributed by atoms with Crippen LogP contribution in [-0.4, -0.2) is 12.3 Å². The van der Waals surface area contributed by atoms with Crippen molar-refractivity contribution in [2.24, 2.45) is 0 Å². The van der Waals surface area contributed by atoms with Crippen LogP contribution in [0.3, 0.4) is 0 Å². The minimum atomic E-state index is -0.117. The maximum atomic E-state index is 2.38. The van der Waals surface area contributed by atoms with Crippen LogP contribution in [0.1, 0.15) is 6.42 Å². The van der Waals surface area contributed by atoms with Gasteiger partial charge in [0.2, 0.25) is 0 Å². The molecule has 2 unspecified atom stereocenters. The van der Waals surface area contributed by atoms with Gasteiger partial charge in [-0.25, -0.2) is 0 Å². The predicted octanol–water partition coefficient (Wildman–Crippen LogP) is 5.64. The van der Waals surface area contributed by atoms with Crippen LogP contribution < -0.4 is 15.9 Å². The lowest BCUT2D eigenvalue weighted by atomic mass is 10.4. The lowest BCUT2D eigenvalue weighted by molar-refractivity contribution is 1.11. The fourth-order valence-corrected chi connectivity index (χ4v) is 21.2. The molecule has 3 aromatic rings. The van der Waals surface area contributed by atoms with Crippen molar-refractivity contribution in [2.75, 3.05) is 12.3 Å². The van der Waals surface area contributed by atoms with E-state index in [2.05, 4.69) is 91.0 Å². The summed E-state index contributed by atoms with van der Waals surface area (Å²) in [5.74, 6) is 0. The molecule has 1 saturated heterocycles. The van der Waals surface area contributed by atoms with Crippen LogP contribution in [0.15, 0.2) is 91.0 Å². The number of rotatable bonds is 3. The Balaban J connectivity index is 1.79. The molecule has 0 N–H and O–H groups in total. The minimum Gasteiger partial charge on any atom is -0.0622 e. The molecule has 0 amide bonds. The van der Waals surface area contributed by atoms with Crippen molar-refractivity contribution in [3.63, 3.8) is 0 Å². The molecule has 0 nitrogen and oxygen atoms in total. The van der Waals surface area contributed by atoms with Gasteiger partial charge in [-0.1, -0.05) is 91.0 Å². The summed E-state index contributed by atoms with van der Waals surface area (Å²) in [5.41, 5.74) is 0. The van der Waals surface area contributed by atoms with Gasteiger partial charge >= 0.3 is 0 Å². The van der Waals surface area contributed by atoms with Gasteiger partial charge in [-0.2, -0.15) is 0 Å². The van der Waals surface area contributed by atoms with E-state index in [1.807, 2.05) is 0 Å². The van der Waals surface area contributed by atoms with E-state index in [-0.39, 0.29) is 22.5 Å². The van der Waals surface area contributed by atoms with Crippen molar-refractivity contribution in [3.8, 4) is 0 Å². The summed E-state index contributed by atoms with van der Waals surface area (Å²) in [4.78, 5) is 0. The summed E-state index contributed by atoms with van der Waals surface area (Å²) in [6, 6.07) is 34.0. The third-order valence-electron chi connectivity index (χ3n) is 4.29. The first-order valence-electron chi connectivity index (χ1n) is 8.44. The third-order valence-corrected chi connectivity index (χ3v) is 19.8. The summed E-state index contributed by atoms with van der Waals surface area (Å²) in [6.07, 6.45) is 4.17. The first kappa shape index (κ1) is 16.4.